The molecule has 1 aliphatic rings. The second-order valence-corrected chi connectivity index (χ2v) is 5.97. The second kappa shape index (κ2) is 6.64. The van der Waals surface area contributed by atoms with Crippen LogP contribution in [-0.2, 0) is 6.54 Å². The Morgan fingerprint density at radius 3 is 2.25 bits per heavy atom. The molecule has 0 unspecified atom stereocenters. The molecule has 1 N–H and O–H groups in total. The van der Waals surface area contributed by atoms with Gasteiger partial charge in [-0.05, 0) is 32.5 Å². The van der Waals surface area contributed by atoms with E-state index in [1.165, 1.54) is 37.8 Å². The minimum absolute atomic E-state index is 0.0919. The van der Waals surface area contributed by atoms with Crippen LogP contribution in [0.4, 0.5) is 8.78 Å². The van der Waals surface area contributed by atoms with Crippen molar-refractivity contribution < 1.29 is 8.78 Å². The molecule has 0 atom stereocenters. The van der Waals surface area contributed by atoms with Crippen molar-refractivity contribution in [3.05, 3.63) is 35.4 Å². The zero-order chi connectivity index (χ0) is 14.6. The van der Waals surface area contributed by atoms with Gasteiger partial charge in [0.2, 0.25) is 0 Å². The highest BCUT2D eigenvalue weighted by molar-refractivity contribution is 5.23. The fourth-order valence-corrected chi connectivity index (χ4v) is 3.04. The first-order valence-electron chi connectivity index (χ1n) is 7.29. The molecule has 1 aromatic carbocycles. The van der Waals surface area contributed by atoms with E-state index < -0.39 is 6.43 Å². The monoisotopic (exact) mass is 282 g/mol. The molecule has 1 aliphatic carbocycles. The maximum Gasteiger partial charge on any atom is 0.263 e. The normalized spacial score (nSPS) is 18.1. The molecule has 0 spiro atoms. The van der Waals surface area contributed by atoms with Gasteiger partial charge in [-0.25, -0.2) is 8.78 Å². The van der Waals surface area contributed by atoms with Gasteiger partial charge in [-0.3, -0.25) is 0 Å². The number of nitrogens with one attached hydrogen (secondary N) is 1. The third-order valence-corrected chi connectivity index (χ3v) is 4.50. The molecule has 2 rings (SSSR count). The molecule has 1 fully saturated rings. The zero-order valence-electron chi connectivity index (χ0n) is 12.3. The van der Waals surface area contributed by atoms with E-state index in [4.69, 9.17) is 0 Å². The van der Waals surface area contributed by atoms with Crippen LogP contribution in [0.3, 0.4) is 0 Å². The first-order valence-corrected chi connectivity index (χ1v) is 7.29. The number of alkyl halides is 2. The molecule has 0 radical (unpaired) electrons. The number of likely N-dealkylation sites (N-methyl/N-ethyl adjacent to an activating group) is 1. The Kier molecular flexibility index (Phi) is 5.11. The lowest BCUT2D eigenvalue weighted by molar-refractivity contribution is 0.151. The molecule has 0 aliphatic heterocycles. The van der Waals surface area contributed by atoms with Gasteiger partial charge in [0.05, 0.1) is 0 Å². The van der Waals surface area contributed by atoms with Crippen LogP contribution >= 0.6 is 0 Å². The van der Waals surface area contributed by atoms with Gasteiger partial charge < -0.3 is 10.2 Å². The summed E-state index contributed by atoms with van der Waals surface area (Å²) in [7, 11) is 4.29. The predicted octanol–water partition coefficient (Wildman–Crippen LogP) is 3.59. The average Bonchev–Trinajstić information content (AvgIpc) is 2.89. The van der Waals surface area contributed by atoms with Crippen LogP contribution < -0.4 is 5.32 Å². The quantitative estimate of drug-likeness (QED) is 0.858. The molecule has 0 aromatic heterocycles. The van der Waals surface area contributed by atoms with E-state index in [2.05, 4.69) is 24.3 Å². The highest BCUT2D eigenvalue weighted by Crippen LogP contribution is 2.33. The summed E-state index contributed by atoms with van der Waals surface area (Å²) < 4.78 is 24.9. The number of hydrogen-bond acceptors (Lipinski definition) is 2. The Labute approximate surface area is 120 Å². The van der Waals surface area contributed by atoms with E-state index in [1.807, 2.05) is 0 Å². The van der Waals surface area contributed by atoms with Crippen molar-refractivity contribution in [1.82, 2.24) is 10.2 Å². The SMILES string of the molecule is CN(C)C1(CNCc2ccc(C(F)F)cc2)CCCC1. The summed E-state index contributed by atoms with van der Waals surface area (Å²) in [6, 6.07) is 6.59. The molecule has 0 amide bonds. The number of halogens is 2. The van der Waals surface area contributed by atoms with E-state index in [9.17, 15) is 8.78 Å². The highest BCUT2D eigenvalue weighted by atomic mass is 19.3. The van der Waals surface area contributed by atoms with Crippen LogP contribution in [0.15, 0.2) is 24.3 Å². The molecule has 1 saturated carbocycles. The number of rotatable bonds is 6. The summed E-state index contributed by atoms with van der Waals surface area (Å²) in [6.07, 6.45) is 2.67. The minimum atomic E-state index is -2.38. The molecular formula is C16H24F2N2. The fraction of sp³-hybridized carbons (Fsp3) is 0.625. The topological polar surface area (TPSA) is 15.3 Å². The van der Waals surface area contributed by atoms with Crippen molar-refractivity contribution in [3.63, 3.8) is 0 Å². The van der Waals surface area contributed by atoms with Crippen molar-refractivity contribution in [2.24, 2.45) is 0 Å². The first-order chi connectivity index (χ1) is 9.53. The lowest BCUT2D eigenvalue weighted by atomic mass is 9.96. The third-order valence-electron chi connectivity index (χ3n) is 4.50. The molecule has 1 aromatic rings. The van der Waals surface area contributed by atoms with E-state index in [1.54, 1.807) is 12.1 Å². The van der Waals surface area contributed by atoms with Gasteiger partial charge in [-0.1, -0.05) is 37.1 Å². The maximum atomic E-state index is 12.5. The van der Waals surface area contributed by atoms with Gasteiger partial charge in [0.15, 0.2) is 0 Å². The van der Waals surface area contributed by atoms with Crippen molar-refractivity contribution in [3.8, 4) is 0 Å². The van der Waals surface area contributed by atoms with Gasteiger partial charge in [-0.2, -0.15) is 0 Å². The largest absolute Gasteiger partial charge is 0.311 e. The molecule has 0 bridgehead atoms. The van der Waals surface area contributed by atoms with Crippen LogP contribution in [0.25, 0.3) is 0 Å². The van der Waals surface area contributed by atoms with E-state index in [0.29, 0.717) is 0 Å². The Balaban J connectivity index is 1.86. The summed E-state index contributed by atoms with van der Waals surface area (Å²) in [5.41, 5.74) is 1.42. The van der Waals surface area contributed by atoms with Gasteiger partial charge in [-0.15, -0.1) is 0 Å². The second-order valence-electron chi connectivity index (χ2n) is 5.97. The Morgan fingerprint density at radius 2 is 1.75 bits per heavy atom. The summed E-state index contributed by atoms with van der Waals surface area (Å²) in [5, 5.41) is 3.49. The van der Waals surface area contributed by atoms with Crippen molar-refractivity contribution >= 4 is 0 Å². The van der Waals surface area contributed by atoms with Crippen LogP contribution in [0.2, 0.25) is 0 Å². The minimum Gasteiger partial charge on any atom is -0.311 e. The first kappa shape index (κ1) is 15.4. The zero-order valence-corrected chi connectivity index (χ0v) is 12.3. The van der Waals surface area contributed by atoms with Gasteiger partial charge in [0, 0.05) is 24.2 Å². The summed E-state index contributed by atoms with van der Waals surface area (Å²) in [6.45, 7) is 1.69. The van der Waals surface area contributed by atoms with Crippen LogP contribution in [0, 0.1) is 0 Å². The summed E-state index contributed by atoms with van der Waals surface area (Å²) >= 11 is 0. The molecular weight excluding hydrogens is 258 g/mol. The van der Waals surface area contributed by atoms with E-state index in [-0.39, 0.29) is 11.1 Å². The standard InChI is InChI=1S/C16H24F2N2/c1-20(2)16(9-3-4-10-16)12-19-11-13-5-7-14(8-6-13)15(17)18/h5-8,15,19H,3-4,9-12H2,1-2H3. The number of benzene rings is 1. The van der Waals surface area contributed by atoms with E-state index in [0.717, 1.165) is 18.7 Å². The lowest BCUT2D eigenvalue weighted by Gasteiger charge is -2.36. The molecule has 4 heteroatoms. The molecule has 0 saturated heterocycles. The maximum absolute atomic E-state index is 12.5. The van der Waals surface area contributed by atoms with Crippen LogP contribution in [-0.4, -0.2) is 31.1 Å². The van der Waals surface area contributed by atoms with Crippen molar-refractivity contribution in [2.75, 3.05) is 20.6 Å². The molecule has 2 nitrogen and oxygen atoms in total. The smallest absolute Gasteiger partial charge is 0.263 e. The molecule has 0 heterocycles. The van der Waals surface area contributed by atoms with Gasteiger partial charge in [0.1, 0.15) is 0 Å². The van der Waals surface area contributed by atoms with Crippen LogP contribution in [0.1, 0.15) is 43.2 Å². The number of nitrogens with zero attached hydrogens (tertiary/aromatic N) is 1. The van der Waals surface area contributed by atoms with Crippen molar-refractivity contribution in [1.29, 1.82) is 0 Å². The Bertz CT molecular complexity index is 409. The average molecular weight is 282 g/mol. The predicted molar refractivity (Wildman–Crippen MR) is 78.0 cm³/mol. The fourth-order valence-electron chi connectivity index (χ4n) is 3.04. The van der Waals surface area contributed by atoms with E-state index >= 15 is 0 Å². The van der Waals surface area contributed by atoms with Crippen molar-refractivity contribution in [2.45, 2.75) is 44.2 Å². The number of hydrogen-bond donors (Lipinski definition) is 1. The Morgan fingerprint density at radius 1 is 1.15 bits per heavy atom. The summed E-state index contributed by atoms with van der Waals surface area (Å²) in [5.74, 6) is 0. The molecule has 112 valence electrons. The Hall–Kier alpha value is -1.00. The third kappa shape index (κ3) is 3.55. The molecule has 20 heavy (non-hydrogen) atoms. The lowest BCUT2D eigenvalue weighted by Crippen LogP contribution is -2.49. The van der Waals surface area contributed by atoms with Gasteiger partial charge >= 0.3 is 0 Å². The van der Waals surface area contributed by atoms with Gasteiger partial charge in [0.25, 0.3) is 6.43 Å². The highest BCUT2D eigenvalue weighted by Gasteiger charge is 2.35. The summed E-state index contributed by atoms with van der Waals surface area (Å²) in [4.78, 5) is 2.33. The van der Waals surface area contributed by atoms with Crippen LogP contribution in [0.5, 0.6) is 0 Å².